The maximum atomic E-state index is 12.8. The highest BCUT2D eigenvalue weighted by molar-refractivity contribution is 7.11. The number of likely N-dealkylation sites (tertiary alicyclic amines) is 1. The quantitative estimate of drug-likeness (QED) is 0.769. The zero-order valence-corrected chi connectivity index (χ0v) is 14.4. The van der Waals surface area contributed by atoms with Gasteiger partial charge in [-0.25, -0.2) is 0 Å². The van der Waals surface area contributed by atoms with Crippen LogP contribution in [0.5, 0.6) is 0 Å². The molecule has 0 spiro atoms. The minimum Gasteiger partial charge on any atom is -0.292 e. The van der Waals surface area contributed by atoms with Gasteiger partial charge in [-0.2, -0.15) is 0 Å². The molecule has 0 unspecified atom stereocenters. The summed E-state index contributed by atoms with van der Waals surface area (Å²) in [5.74, 6) is 0.193. The molecule has 0 atom stereocenters. The van der Waals surface area contributed by atoms with Crippen LogP contribution in [0.25, 0.3) is 12.2 Å². The SMILES string of the molecule is CC(C)N1CC(=Cc2cccs2)C(=O)C(=Cc2cccs2)C1. The molecule has 2 aromatic rings. The standard InChI is InChI=1S/C18H19NOS2/c1-13(2)19-11-14(9-16-5-3-7-21-16)18(20)15(12-19)10-17-6-4-8-22-17/h3-10,13H,11-12H2,1-2H3. The third-order valence-electron chi connectivity index (χ3n) is 3.78. The van der Waals surface area contributed by atoms with Crippen molar-refractivity contribution in [1.82, 2.24) is 4.90 Å². The molecule has 114 valence electrons. The molecule has 1 aliphatic rings. The van der Waals surface area contributed by atoms with Gasteiger partial charge in [0.25, 0.3) is 0 Å². The first-order valence-corrected chi connectivity index (χ1v) is 9.16. The van der Waals surface area contributed by atoms with Gasteiger partial charge in [-0.15, -0.1) is 22.7 Å². The Bertz CT molecular complexity index is 637. The van der Waals surface area contributed by atoms with Crippen molar-refractivity contribution in [2.75, 3.05) is 13.1 Å². The number of rotatable bonds is 3. The Hall–Kier alpha value is -1.49. The molecule has 0 aliphatic carbocycles. The molecule has 1 saturated heterocycles. The Morgan fingerprint density at radius 3 is 1.86 bits per heavy atom. The highest BCUT2D eigenvalue weighted by Crippen LogP contribution is 2.25. The van der Waals surface area contributed by atoms with Crippen molar-refractivity contribution in [3.05, 3.63) is 55.9 Å². The number of hydrogen-bond acceptors (Lipinski definition) is 4. The molecule has 2 nitrogen and oxygen atoms in total. The third kappa shape index (κ3) is 3.46. The van der Waals surface area contributed by atoms with Crippen LogP contribution in [-0.2, 0) is 4.79 Å². The van der Waals surface area contributed by atoms with Crippen LogP contribution < -0.4 is 0 Å². The summed E-state index contributed by atoms with van der Waals surface area (Å²) < 4.78 is 0. The first-order valence-electron chi connectivity index (χ1n) is 7.40. The van der Waals surface area contributed by atoms with Crippen LogP contribution in [0, 0.1) is 0 Å². The highest BCUT2D eigenvalue weighted by Gasteiger charge is 2.27. The number of thiophene rings is 2. The lowest BCUT2D eigenvalue weighted by molar-refractivity contribution is -0.113. The van der Waals surface area contributed by atoms with Gasteiger partial charge < -0.3 is 0 Å². The molecule has 3 heterocycles. The van der Waals surface area contributed by atoms with Gasteiger partial charge in [0.05, 0.1) is 0 Å². The van der Waals surface area contributed by atoms with E-state index < -0.39 is 0 Å². The topological polar surface area (TPSA) is 20.3 Å². The predicted octanol–water partition coefficient (Wildman–Crippen LogP) is 4.57. The average molecular weight is 329 g/mol. The lowest BCUT2D eigenvalue weighted by Gasteiger charge is -2.32. The minimum atomic E-state index is 0.193. The normalized spacial score (nSPS) is 20.4. The second kappa shape index (κ2) is 6.73. The van der Waals surface area contributed by atoms with Gasteiger partial charge in [0.1, 0.15) is 0 Å². The summed E-state index contributed by atoms with van der Waals surface area (Å²) >= 11 is 3.34. The summed E-state index contributed by atoms with van der Waals surface area (Å²) in [5, 5.41) is 4.09. The van der Waals surface area contributed by atoms with E-state index in [0.717, 1.165) is 34.0 Å². The Morgan fingerprint density at radius 1 is 1.00 bits per heavy atom. The van der Waals surface area contributed by atoms with Crippen LogP contribution >= 0.6 is 22.7 Å². The number of hydrogen-bond donors (Lipinski definition) is 0. The number of nitrogens with zero attached hydrogens (tertiary/aromatic N) is 1. The van der Waals surface area contributed by atoms with Gasteiger partial charge in [-0.3, -0.25) is 9.69 Å². The fourth-order valence-electron chi connectivity index (χ4n) is 2.52. The monoisotopic (exact) mass is 329 g/mol. The molecule has 4 heteroatoms. The zero-order valence-electron chi connectivity index (χ0n) is 12.8. The van der Waals surface area contributed by atoms with Crippen molar-refractivity contribution in [2.45, 2.75) is 19.9 Å². The molecule has 0 amide bonds. The van der Waals surface area contributed by atoms with E-state index in [0.29, 0.717) is 6.04 Å². The molecule has 1 fully saturated rings. The van der Waals surface area contributed by atoms with E-state index in [1.165, 1.54) is 0 Å². The Kier molecular flexibility index (Phi) is 4.71. The number of carbonyl (C=O) groups is 1. The van der Waals surface area contributed by atoms with Crippen LogP contribution in [0.4, 0.5) is 0 Å². The lowest BCUT2D eigenvalue weighted by Crippen LogP contribution is -2.41. The Morgan fingerprint density at radius 2 is 1.50 bits per heavy atom. The molecule has 1 aliphatic heterocycles. The summed E-state index contributed by atoms with van der Waals surface area (Å²) in [6.07, 6.45) is 4.09. The molecule has 2 aromatic heterocycles. The fourth-order valence-corrected chi connectivity index (χ4v) is 3.88. The first-order chi connectivity index (χ1) is 10.6. The summed E-state index contributed by atoms with van der Waals surface area (Å²) in [5.41, 5.74) is 1.79. The van der Waals surface area contributed by atoms with Crippen LogP contribution in [0.3, 0.4) is 0 Å². The van der Waals surface area contributed by atoms with E-state index in [1.54, 1.807) is 22.7 Å². The summed E-state index contributed by atoms with van der Waals surface area (Å²) in [6, 6.07) is 8.58. The van der Waals surface area contributed by atoms with Crippen molar-refractivity contribution in [1.29, 1.82) is 0 Å². The Labute approximate surface area is 139 Å². The molecule has 0 saturated carbocycles. The lowest BCUT2D eigenvalue weighted by atomic mass is 9.95. The van der Waals surface area contributed by atoms with Gasteiger partial charge in [0.15, 0.2) is 5.78 Å². The van der Waals surface area contributed by atoms with Crippen LogP contribution in [0.1, 0.15) is 23.6 Å². The van der Waals surface area contributed by atoms with E-state index in [9.17, 15) is 4.79 Å². The van der Waals surface area contributed by atoms with Crippen molar-refractivity contribution in [2.24, 2.45) is 0 Å². The summed E-state index contributed by atoms with van der Waals surface area (Å²) in [4.78, 5) is 17.4. The average Bonchev–Trinajstić information content (AvgIpc) is 3.16. The van der Waals surface area contributed by atoms with Gasteiger partial charge in [-0.05, 0) is 48.9 Å². The number of piperidine rings is 1. The van der Waals surface area contributed by atoms with Gasteiger partial charge >= 0.3 is 0 Å². The van der Waals surface area contributed by atoms with Crippen LogP contribution in [0.2, 0.25) is 0 Å². The van der Waals surface area contributed by atoms with Crippen molar-refractivity contribution < 1.29 is 4.79 Å². The summed E-state index contributed by atoms with van der Waals surface area (Å²) in [6.45, 7) is 5.83. The zero-order chi connectivity index (χ0) is 15.5. The van der Waals surface area contributed by atoms with Crippen molar-refractivity contribution >= 4 is 40.6 Å². The van der Waals surface area contributed by atoms with Crippen LogP contribution in [0.15, 0.2) is 46.2 Å². The molecular formula is C18H19NOS2. The molecule has 22 heavy (non-hydrogen) atoms. The Balaban J connectivity index is 1.95. The first kappa shape index (κ1) is 15.4. The van der Waals surface area contributed by atoms with E-state index in [4.69, 9.17) is 0 Å². The molecule has 0 bridgehead atoms. The third-order valence-corrected chi connectivity index (χ3v) is 5.42. The largest absolute Gasteiger partial charge is 0.292 e. The maximum absolute atomic E-state index is 12.8. The molecule has 3 rings (SSSR count). The number of ketones is 1. The van der Waals surface area contributed by atoms with E-state index in [-0.39, 0.29) is 5.78 Å². The molecule has 0 aromatic carbocycles. The van der Waals surface area contributed by atoms with E-state index >= 15 is 0 Å². The van der Waals surface area contributed by atoms with E-state index in [1.807, 2.05) is 35.0 Å². The summed E-state index contributed by atoms with van der Waals surface area (Å²) in [7, 11) is 0. The minimum absolute atomic E-state index is 0.193. The smallest absolute Gasteiger partial charge is 0.187 e. The van der Waals surface area contributed by atoms with Gasteiger partial charge in [-0.1, -0.05) is 12.1 Å². The number of carbonyl (C=O) groups excluding carboxylic acids is 1. The van der Waals surface area contributed by atoms with Gasteiger partial charge in [0, 0.05) is 40.0 Å². The second-order valence-electron chi connectivity index (χ2n) is 5.70. The maximum Gasteiger partial charge on any atom is 0.187 e. The van der Waals surface area contributed by atoms with Crippen molar-refractivity contribution in [3.63, 3.8) is 0 Å². The molecular weight excluding hydrogens is 310 g/mol. The number of Topliss-reactive ketones (excluding diaryl/α,β-unsaturated/α-hetero) is 1. The fraction of sp³-hybridized carbons (Fsp3) is 0.278. The van der Waals surface area contributed by atoms with Crippen LogP contribution in [-0.4, -0.2) is 29.8 Å². The molecule has 0 N–H and O–H groups in total. The second-order valence-corrected chi connectivity index (χ2v) is 7.66. The highest BCUT2D eigenvalue weighted by atomic mass is 32.1. The van der Waals surface area contributed by atoms with Crippen molar-refractivity contribution in [3.8, 4) is 0 Å². The van der Waals surface area contributed by atoms with Gasteiger partial charge in [0.2, 0.25) is 0 Å². The van der Waals surface area contributed by atoms with E-state index in [2.05, 4.69) is 30.9 Å². The molecule has 0 radical (unpaired) electrons. The predicted molar refractivity (Wildman–Crippen MR) is 96.3 cm³/mol.